The zero-order valence-corrected chi connectivity index (χ0v) is 31.6. The summed E-state index contributed by atoms with van der Waals surface area (Å²) in [6.07, 6.45) is 4.51. The summed E-state index contributed by atoms with van der Waals surface area (Å²) in [5.74, 6) is 0. The quantitative estimate of drug-likeness (QED) is 0.0728. The van der Waals surface area contributed by atoms with Crippen molar-refractivity contribution in [1.29, 1.82) is 0 Å². The van der Waals surface area contributed by atoms with E-state index in [0.717, 1.165) is 64.2 Å². The Bertz CT molecular complexity index is 1730. The minimum Gasteiger partial charge on any atom is -0.388 e. The molecule has 4 aromatic rings. The maximum Gasteiger partial charge on any atom is 0.176 e. The predicted octanol–water partition coefficient (Wildman–Crippen LogP) is 4.85. The Morgan fingerprint density at radius 3 is 1.63 bits per heavy atom. The van der Waals surface area contributed by atoms with Crippen LogP contribution in [-0.4, -0.2) is 91.0 Å². The van der Waals surface area contributed by atoms with Crippen molar-refractivity contribution < 1.29 is 29.2 Å². The summed E-state index contributed by atoms with van der Waals surface area (Å²) >= 11 is 0. The van der Waals surface area contributed by atoms with Crippen molar-refractivity contribution in [2.24, 2.45) is 22.9 Å². The first kappa shape index (κ1) is 40.7. The fourth-order valence-corrected chi connectivity index (χ4v) is 8.10. The first-order valence-corrected chi connectivity index (χ1v) is 20.1. The molecule has 0 amide bonds. The smallest absolute Gasteiger partial charge is 0.176 e. The molecule has 1 saturated carbocycles. The van der Waals surface area contributed by atoms with Gasteiger partial charge in [0.15, 0.2) is 6.29 Å². The molecule has 0 radical (unpaired) electrons. The van der Waals surface area contributed by atoms with Gasteiger partial charge in [0.1, 0.15) is 36.6 Å². The number of hydrogen-bond donors (Lipinski definition) is 6. The molecule has 294 valence electrons. The van der Waals surface area contributed by atoms with E-state index >= 15 is 0 Å². The maximum atomic E-state index is 11.4. The van der Waals surface area contributed by atoms with Crippen LogP contribution in [0.15, 0.2) is 84.9 Å². The van der Waals surface area contributed by atoms with Crippen LogP contribution in [0.1, 0.15) is 68.9 Å². The van der Waals surface area contributed by atoms with E-state index in [9.17, 15) is 10.2 Å². The largest absolute Gasteiger partial charge is 0.388 e. The van der Waals surface area contributed by atoms with Crippen LogP contribution in [0.2, 0.25) is 0 Å². The molecule has 1 aliphatic heterocycles. The predicted molar refractivity (Wildman–Crippen MR) is 215 cm³/mol. The SMILES string of the molecule is NC[C@H]1O[C@H](O[C@H]2[C@H](O)[C@@H](OCCCCCCc3ccc4ccccc4c3)[C@H](N)C[C@@H]2N)[C@H](N)[C@@H](OCCCCCCc2ccc3ccccc3c2)[C@@H]1O. The van der Waals surface area contributed by atoms with Crippen LogP contribution in [0.25, 0.3) is 21.5 Å². The van der Waals surface area contributed by atoms with Crippen LogP contribution in [0.5, 0.6) is 0 Å². The van der Waals surface area contributed by atoms with Gasteiger partial charge in [0.2, 0.25) is 0 Å². The number of rotatable bonds is 19. The standard InChI is InChI=1S/C44H62N4O6/c45-28-37-39(49)43(52-24-12-4-2-6-14-30-20-22-32-16-8-10-18-34(32)26-30)38(48)44(53-37)54-42-36(47)27-35(46)41(40(42)50)51-23-11-3-1-5-13-29-19-21-31-15-7-9-17-33(31)25-29/h7-10,15-22,25-26,35-44,49-50H,1-6,11-14,23-24,27-28,45-48H2/t35-,36+,37-,38-,39-,40-,41+,42-,43-,44-/m1/s1. The molecule has 1 saturated heterocycles. The number of hydrogen-bond acceptors (Lipinski definition) is 10. The molecule has 1 heterocycles. The van der Waals surface area contributed by atoms with Gasteiger partial charge in [0.25, 0.3) is 0 Å². The Hall–Kier alpha value is -3.00. The van der Waals surface area contributed by atoms with E-state index in [1.54, 1.807) is 0 Å². The van der Waals surface area contributed by atoms with E-state index in [4.69, 9.17) is 41.9 Å². The van der Waals surface area contributed by atoms with Crippen molar-refractivity contribution in [3.63, 3.8) is 0 Å². The van der Waals surface area contributed by atoms with Crippen LogP contribution in [0, 0.1) is 0 Å². The molecule has 2 aliphatic rings. The molecule has 0 unspecified atom stereocenters. The first-order valence-electron chi connectivity index (χ1n) is 20.1. The summed E-state index contributed by atoms with van der Waals surface area (Å²) in [5, 5.41) is 27.5. The van der Waals surface area contributed by atoms with Crippen LogP contribution in [0.4, 0.5) is 0 Å². The van der Waals surface area contributed by atoms with Crippen molar-refractivity contribution in [3.8, 4) is 0 Å². The summed E-state index contributed by atoms with van der Waals surface area (Å²) in [6.45, 7) is 0.975. The van der Waals surface area contributed by atoms with E-state index in [-0.39, 0.29) is 6.54 Å². The number of unbranched alkanes of at least 4 members (excludes halogenated alkanes) is 6. The number of aliphatic hydroxyl groups excluding tert-OH is 2. The van der Waals surface area contributed by atoms with Gasteiger partial charge in [-0.2, -0.15) is 0 Å². The van der Waals surface area contributed by atoms with Crippen LogP contribution < -0.4 is 22.9 Å². The highest BCUT2D eigenvalue weighted by atomic mass is 16.7. The van der Waals surface area contributed by atoms with Crippen LogP contribution in [-0.2, 0) is 31.8 Å². The number of ether oxygens (including phenoxy) is 4. The normalized spacial score (nSPS) is 28.9. The van der Waals surface area contributed by atoms with Gasteiger partial charge >= 0.3 is 0 Å². The van der Waals surface area contributed by atoms with Gasteiger partial charge in [-0.05, 0) is 77.6 Å². The Morgan fingerprint density at radius 1 is 0.574 bits per heavy atom. The third-order valence-electron chi connectivity index (χ3n) is 11.3. The molecule has 10 heteroatoms. The Kier molecular flexibility index (Phi) is 15.2. The van der Waals surface area contributed by atoms with Crippen LogP contribution >= 0.6 is 0 Å². The van der Waals surface area contributed by atoms with E-state index < -0.39 is 61.0 Å². The van der Waals surface area contributed by atoms with Gasteiger partial charge in [0.05, 0.1) is 6.04 Å². The van der Waals surface area contributed by atoms with Crippen molar-refractivity contribution in [1.82, 2.24) is 0 Å². The molecule has 54 heavy (non-hydrogen) atoms. The summed E-state index contributed by atoms with van der Waals surface area (Å²) in [6, 6.07) is 28.4. The fourth-order valence-electron chi connectivity index (χ4n) is 8.10. The zero-order chi connectivity index (χ0) is 37.9. The topological polar surface area (TPSA) is 181 Å². The highest BCUT2D eigenvalue weighted by molar-refractivity contribution is 5.83. The maximum absolute atomic E-state index is 11.4. The molecule has 0 aromatic heterocycles. The first-order chi connectivity index (χ1) is 26.3. The zero-order valence-electron chi connectivity index (χ0n) is 31.6. The Morgan fingerprint density at radius 2 is 1.07 bits per heavy atom. The number of aryl methyl sites for hydroxylation is 2. The van der Waals surface area contributed by atoms with E-state index in [2.05, 4.69) is 84.9 Å². The van der Waals surface area contributed by atoms with Gasteiger partial charge in [-0.15, -0.1) is 0 Å². The molecular formula is C44H62N4O6. The molecule has 2 fully saturated rings. The summed E-state index contributed by atoms with van der Waals surface area (Å²) < 4.78 is 24.7. The molecule has 10 N–H and O–H groups in total. The second kappa shape index (κ2) is 20.2. The summed E-state index contributed by atoms with van der Waals surface area (Å²) in [7, 11) is 0. The van der Waals surface area contributed by atoms with E-state index in [1.807, 2.05) is 0 Å². The van der Waals surface area contributed by atoms with Gasteiger partial charge in [-0.25, -0.2) is 0 Å². The van der Waals surface area contributed by atoms with Crippen molar-refractivity contribution in [2.75, 3.05) is 19.8 Å². The van der Waals surface area contributed by atoms with Crippen molar-refractivity contribution in [3.05, 3.63) is 96.1 Å². The lowest BCUT2D eigenvalue weighted by Gasteiger charge is -2.47. The average molecular weight is 743 g/mol. The molecule has 0 spiro atoms. The minimum atomic E-state index is -1.08. The number of fused-ring (bicyclic) bond motifs is 2. The van der Waals surface area contributed by atoms with Gasteiger partial charge < -0.3 is 52.1 Å². The Labute approximate surface area is 320 Å². The monoisotopic (exact) mass is 742 g/mol. The highest BCUT2D eigenvalue weighted by Gasteiger charge is 2.49. The van der Waals surface area contributed by atoms with E-state index in [1.165, 1.54) is 32.7 Å². The van der Waals surface area contributed by atoms with E-state index in [0.29, 0.717) is 19.6 Å². The number of aliphatic hydroxyl groups is 2. The highest BCUT2D eigenvalue weighted by Crippen LogP contribution is 2.30. The number of benzene rings is 4. The lowest BCUT2D eigenvalue weighted by atomic mass is 9.84. The lowest BCUT2D eigenvalue weighted by Crippen LogP contribution is -2.68. The van der Waals surface area contributed by atoms with Gasteiger partial charge in [-0.1, -0.05) is 111 Å². The minimum absolute atomic E-state index is 0.0561. The van der Waals surface area contributed by atoms with Gasteiger partial charge in [-0.3, -0.25) is 0 Å². The second-order valence-electron chi connectivity index (χ2n) is 15.4. The number of nitrogens with two attached hydrogens (primary N) is 4. The van der Waals surface area contributed by atoms with Gasteiger partial charge in [0, 0.05) is 31.8 Å². The second-order valence-corrected chi connectivity index (χ2v) is 15.4. The lowest BCUT2D eigenvalue weighted by molar-refractivity contribution is -0.294. The molecule has 4 aromatic carbocycles. The van der Waals surface area contributed by atoms with Crippen molar-refractivity contribution in [2.45, 2.75) is 132 Å². The molecule has 10 nitrogen and oxygen atoms in total. The molecule has 10 atom stereocenters. The summed E-state index contributed by atoms with van der Waals surface area (Å²) in [5.41, 5.74) is 28.2. The molecule has 0 bridgehead atoms. The molecule has 1 aliphatic carbocycles. The van der Waals surface area contributed by atoms with Crippen molar-refractivity contribution >= 4 is 21.5 Å². The Balaban J connectivity index is 0.911. The summed E-state index contributed by atoms with van der Waals surface area (Å²) in [4.78, 5) is 0. The third-order valence-corrected chi connectivity index (χ3v) is 11.3. The fraction of sp³-hybridized carbons (Fsp3) is 0.545. The average Bonchev–Trinajstić information content (AvgIpc) is 3.18. The molecular weight excluding hydrogens is 681 g/mol. The molecule has 6 rings (SSSR count). The third kappa shape index (κ3) is 10.6. The van der Waals surface area contributed by atoms with Crippen LogP contribution in [0.3, 0.4) is 0 Å².